The SMILES string of the molecule is CC12C=CC(=O)C(O)C1CC=CC2. The molecule has 0 spiro atoms. The molecule has 2 nitrogen and oxygen atoms in total. The Kier molecular flexibility index (Phi) is 1.88. The Bertz CT molecular complexity index is 290. The van der Waals surface area contributed by atoms with E-state index < -0.39 is 6.10 Å². The van der Waals surface area contributed by atoms with Gasteiger partial charge in [0.25, 0.3) is 0 Å². The molecular formula is C11H14O2. The molecule has 0 aromatic carbocycles. The van der Waals surface area contributed by atoms with Gasteiger partial charge in [0.1, 0.15) is 6.10 Å². The minimum atomic E-state index is -0.792. The first kappa shape index (κ1) is 8.70. The molecule has 2 aliphatic rings. The van der Waals surface area contributed by atoms with Gasteiger partial charge in [0.15, 0.2) is 5.78 Å². The van der Waals surface area contributed by atoms with Gasteiger partial charge in [-0.2, -0.15) is 0 Å². The standard InChI is InChI=1S/C11H14O2/c1-11-6-3-2-4-8(11)10(13)9(12)5-7-11/h2-3,5,7-8,10,13H,4,6H2,1H3. The normalized spacial score (nSPS) is 43.4. The van der Waals surface area contributed by atoms with Gasteiger partial charge in [-0.1, -0.05) is 25.2 Å². The van der Waals surface area contributed by atoms with Crippen LogP contribution in [0.1, 0.15) is 19.8 Å². The largest absolute Gasteiger partial charge is 0.385 e. The highest BCUT2D eigenvalue weighted by Gasteiger charge is 2.42. The minimum Gasteiger partial charge on any atom is -0.385 e. The van der Waals surface area contributed by atoms with Gasteiger partial charge in [0.2, 0.25) is 0 Å². The Morgan fingerprint density at radius 2 is 2.31 bits per heavy atom. The Balaban J connectivity index is 2.37. The second-order valence-electron chi connectivity index (χ2n) is 4.20. The monoisotopic (exact) mass is 178 g/mol. The van der Waals surface area contributed by atoms with E-state index in [9.17, 15) is 9.90 Å². The first-order valence-electron chi connectivity index (χ1n) is 4.70. The maximum absolute atomic E-state index is 11.2. The molecule has 2 aliphatic carbocycles. The van der Waals surface area contributed by atoms with Crippen LogP contribution in [-0.4, -0.2) is 17.0 Å². The van der Waals surface area contributed by atoms with Crippen LogP contribution < -0.4 is 0 Å². The molecule has 0 fully saturated rings. The van der Waals surface area contributed by atoms with Gasteiger partial charge in [0.05, 0.1) is 0 Å². The van der Waals surface area contributed by atoms with Gasteiger partial charge in [-0.15, -0.1) is 0 Å². The zero-order valence-corrected chi connectivity index (χ0v) is 7.73. The third-order valence-corrected chi connectivity index (χ3v) is 3.26. The first-order valence-corrected chi connectivity index (χ1v) is 4.70. The fraction of sp³-hybridized carbons (Fsp3) is 0.545. The fourth-order valence-corrected chi connectivity index (χ4v) is 2.25. The van der Waals surface area contributed by atoms with Crippen molar-refractivity contribution in [1.29, 1.82) is 0 Å². The lowest BCUT2D eigenvalue weighted by atomic mass is 9.64. The van der Waals surface area contributed by atoms with Crippen LogP contribution >= 0.6 is 0 Å². The number of allylic oxidation sites excluding steroid dienone is 3. The van der Waals surface area contributed by atoms with Crippen molar-refractivity contribution in [2.75, 3.05) is 0 Å². The molecule has 0 heterocycles. The van der Waals surface area contributed by atoms with Crippen molar-refractivity contribution in [3.05, 3.63) is 24.3 Å². The summed E-state index contributed by atoms with van der Waals surface area (Å²) in [5.74, 6) is -0.0622. The minimum absolute atomic E-state index is 0.0118. The lowest BCUT2D eigenvalue weighted by Gasteiger charge is -2.41. The van der Waals surface area contributed by atoms with E-state index in [-0.39, 0.29) is 17.1 Å². The summed E-state index contributed by atoms with van der Waals surface area (Å²) in [6, 6.07) is 0. The van der Waals surface area contributed by atoms with E-state index in [2.05, 4.69) is 19.1 Å². The molecule has 13 heavy (non-hydrogen) atoms. The second-order valence-corrected chi connectivity index (χ2v) is 4.20. The molecule has 0 aromatic rings. The molecule has 3 atom stereocenters. The molecule has 0 aromatic heterocycles. The smallest absolute Gasteiger partial charge is 0.184 e. The number of ketones is 1. The number of fused-ring (bicyclic) bond motifs is 1. The Morgan fingerprint density at radius 1 is 1.54 bits per heavy atom. The van der Waals surface area contributed by atoms with Crippen LogP contribution in [0.15, 0.2) is 24.3 Å². The van der Waals surface area contributed by atoms with Gasteiger partial charge in [-0.25, -0.2) is 0 Å². The molecule has 0 amide bonds. The molecule has 2 rings (SSSR count). The Morgan fingerprint density at radius 3 is 3.08 bits per heavy atom. The number of carbonyl (C=O) groups is 1. The second kappa shape index (κ2) is 2.81. The van der Waals surface area contributed by atoms with Gasteiger partial charge >= 0.3 is 0 Å². The average molecular weight is 178 g/mol. The van der Waals surface area contributed by atoms with Crippen molar-refractivity contribution in [3.63, 3.8) is 0 Å². The third kappa shape index (κ3) is 1.25. The third-order valence-electron chi connectivity index (χ3n) is 3.26. The summed E-state index contributed by atoms with van der Waals surface area (Å²) >= 11 is 0. The molecule has 0 radical (unpaired) electrons. The van der Waals surface area contributed by atoms with Crippen molar-refractivity contribution in [2.24, 2.45) is 11.3 Å². The van der Waals surface area contributed by atoms with E-state index in [4.69, 9.17) is 0 Å². The summed E-state index contributed by atoms with van der Waals surface area (Å²) in [7, 11) is 0. The fourth-order valence-electron chi connectivity index (χ4n) is 2.25. The predicted octanol–water partition coefficient (Wildman–Crippen LogP) is 1.46. The van der Waals surface area contributed by atoms with Crippen molar-refractivity contribution in [1.82, 2.24) is 0 Å². The van der Waals surface area contributed by atoms with Crippen LogP contribution in [0.3, 0.4) is 0 Å². The number of carbonyl (C=O) groups excluding carboxylic acids is 1. The molecule has 2 heteroatoms. The van der Waals surface area contributed by atoms with Crippen molar-refractivity contribution in [3.8, 4) is 0 Å². The number of hydrogen-bond donors (Lipinski definition) is 1. The molecule has 70 valence electrons. The molecule has 1 N–H and O–H groups in total. The van der Waals surface area contributed by atoms with Crippen LogP contribution in [0.4, 0.5) is 0 Å². The zero-order valence-electron chi connectivity index (χ0n) is 7.73. The Hall–Kier alpha value is -0.890. The van der Waals surface area contributed by atoms with Crippen molar-refractivity contribution in [2.45, 2.75) is 25.9 Å². The summed E-state index contributed by atoms with van der Waals surface area (Å²) in [6.07, 6.45) is 8.62. The molecule has 3 unspecified atom stereocenters. The number of hydrogen-bond acceptors (Lipinski definition) is 2. The van der Waals surface area contributed by atoms with E-state index >= 15 is 0 Å². The first-order chi connectivity index (χ1) is 6.13. The number of aliphatic hydroxyl groups excluding tert-OH is 1. The molecular weight excluding hydrogens is 164 g/mol. The summed E-state index contributed by atoms with van der Waals surface area (Å²) in [6.45, 7) is 2.10. The average Bonchev–Trinajstić information content (AvgIpc) is 2.12. The van der Waals surface area contributed by atoms with Gasteiger partial charge in [0, 0.05) is 5.92 Å². The van der Waals surface area contributed by atoms with E-state index in [1.807, 2.05) is 6.08 Å². The number of aliphatic hydroxyl groups is 1. The molecule has 0 saturated carbocycles. The van der Waals surface area contributed by atoms with Crippen LogP contribution in [0.25, 0.3) is 0 Å². The van der Waals surface area contributed by atoms with Gasteiger partial charge in [-0.05, 0) is 24.3 Å². The summed E-state index contributed by atoms with van der Waals surface area (Å²) < 4.78 is 0. The number of rotatable bonds is 0. The maximum Gasteiger partial charge on any atom is 0.184 e. The molecule has 0 saturated heterocycles. The Labute approximate surface area is 78.0 Å². The van der Waals surface area contributed by atoms with Crippen LogP contribution in [-0.2, 0) is 4.79 Å². The van der Waals surface area contributed by atoms with Crippen molar-refractivity contribution >= 4 is 5.78 Å². The highest BCUT2D eigenvalue weighted by Crippen LogP contribution is 2.43. The van der Waals surface area contributed by atoms with E-state index in [1.54, 1.807) is 0 Å². The lowest BCUT2D eigenvalue weighted by Crippen LogP contribution is -2.43. The van der Waals surface area contributed by atoms with E-state index in [0.29, 0.717) is 0 Å². The van der Waals surface area contributed by atoms with Gasteiger partial charge in [-0.3, -0.25) is 4.79 Å². The van der Waals surface area contributed by atoms with Crippen molar-refractivity contribution < 1.29 is 9.90 Å². The van der Waals surface area contributed by atoms with Crippen LogP contribution in [0.2, 0.25) is 0 Å². The highest BCUT2D eigenvalue weighted by molar-refractivity contribution is 5.94. The highest BCUT2D eigenvalue weighted by atomic mass is 16.3. The quantitative estimate of drug-likeness (QED) is 0.570. The summed E-state index contributed by atoms with van der Waals surface area (Å²) in [5, 5.41) is 9.70. The summed E-state index contributed by atoms with van der Waals surface area (Å²) in [5.41, 5.74) is -0.0118. The van der Waals surface area contributed by atoms with E-state index in [1.165, 1.54) is 6.08 Å². The van der Waals surface area contributed by atoms with Crippen LogP contribution in [0.5, 0.6) is 0 Å². The maximum atomic E-state index is 11.2. The lowest BCUT2D eigenvalue weighted by molar-refractivity contribution is -0.128. The molecule has 0 bridgehead atoms. The predicted molar refractivity (Wildman–Crippen MR) is 50.1 cm³/mol. The summed E-state index contributed by atoms with van der Waals surface area (Å²) in [4.78, 5) is 11.2. The van der Waals surface area contributed by atoms with E-state index in [0.717, 1.165) is 12.8 Å². The van der Waals surface area contributed by atoms with Crippen LogP contribution in [0, 0.1) is 11.3 Å². The van der Waals surface area contributed by atoms with Gasteiger partial charge < -0.3 is 5.11 Å². The topological polar surface area (TPSA) is 37.3 Å². The zero-order chi connectivity index (χ0) is 9.47. The molecule has 0 aliphatic heterocycles.